The van der Waals surface area contributed by atoms with E-state index in [9.17, 15) is 9.90 Å². The van der Waals surface area contributed by atoms with Crippen molar-refractivity contribution >= 4 is 5.97 Å². The zero-order chi connectivity index (χ0) is 18.0. The molecule has 0 unspecified atom stereocenters. The molecular weight excluding hydrogens is 322 g/mol. The van der Waals surface area contributed by atoms with Gasteiger partial charge in [0.05, 0.1) is 18.8 Å². The van der Waals surface area contributed by atoms with Crippen LogP contribution in [0.15, 0.2) is 18.2 Å². The summed E-state index contributed by atoms with van der Waals surface area (Å²) in [5.41, 5.74) is 1.08. The van der Waals surface area contributed by atoms with E-state index in [1.165, 1.54) is 7.11 Å². The summed E-state index contributed by atoms with van der Waals surface area (Å²) in [6.45, 7) is 1.65. The van der Waals surface area contributed by atoms with E-state index in [-0.39, 0.29) is 17.3 Å². The summed E-state index contributed by atoms with van der Waals surface area (Å²) in [7, 11) is 5.06. The summed E-state index contributed by atoms with van der Waals surface area (Å²) in [6.07, 6.45) is 4.25. The topological polar surface area (TPSA) is 68.2 Å². The molecule has 1 aromatic carbocycles. The zero-order valence-corrected chi connectivity index (χ0v) is 15.2. The molecule has 1 saturated heterocycles. The number of nitrogens with zero attached hydrogens (tertiary/aromatic N) is 1. The largest absolute Gasteiger partial charge is 0.496 e. The molecule has 1 aromatic rings. The average molecular weight is 349 g/mol. The van der Waals surface area contributed by atoms with Crippen LogP contribution in [-0.2, 0) is 16.0 Å². The van der Waals surface area contributed by atoms with Gasteiger partial charge in [-0.25, -0.2) is 4.79 Å². The van der Waals surface area contributed by atoms with Gasteiger partial charge in [-0.2, -0.15) is 0 Å². The molecule has 1 aliphatic heterocycles. The van der Waals surface area contributed by atoms with Crippen molar-refractivity contribution in [1.29, 1.82) is 0 Å². The number of methoxy groups -OCH3 is 3. The third-order valence-corrected chi connectivity index (χ3v) is 5.87. The fraction of sp³-hybridized carbons (Fsp3) is 0.632. The van der Waals surface area contributed by atoms with Crippen LogP contribution in [0.4, 0.5) is 0 Å². The Labute approximate surface area is 148 Å². The smallest absolute Gasteiger partial charge is 0.339 e. The first-order valence-corrected chi connectivity index (χ1v) is 8.75. The van der Waals surface area contributed by atoms with E-state index in [1.54, 1.807) is 26.4 Å². The Balaban J connectivity index is 1.81. The maximum Gasteiger partial charge on any atom is 0.339 e. The molecule has 138 valence electrons. The predicted octanol–water partition coefficient (Wildman–Crippen LogP) is 2.55. The van der Waals surface area contributed by atoms with Gasteiger partial charge in [-0.1, -0.05) is 6.07 Å². The van der Waals surface area contributed by atoms with Gasteiger partial charge in [0.1, 0.15) is 11.3 Å². The molecule has 1 heterocycles. The number of hydrogen-bond acceptors (Lipinski definition) is 5. The molecule has 3 rings (SSSR count). The van der Waals surface area contributed by atoms with Crippen molar-refractivity contribution in [3.8, 4) is 5.75 Å². The van der Waals surface area contributed by atoms with Crippen molar-refractivity contribution in [3.05, 3.63) is 29.3 Å². The summed E-state index contributed by atoms with van der Waals surface area (Å²) in [5, 5.41) is 9.39. The number of carboxylic acid groups (broad SMARTS) is 1. The Morgan fingerprint density at radius 1 is 1.32 bits per heavy atom. The van der Waals surface area contributed by atoms with Gasteiger partial charge in [-0.3, -0.25) is 4.90 Å². The SMILES string of the molecule is COc1ccc(CN2CC[C@]3(OC)CC[C@H](OC)C[C@H]23)cc1C(=O)O. The lowest BCUT2D eigenvalue weighted by molar-refractivity contribution is -0.0947. The van der Waals surface area contributed by atoms with Gasteiger partial charge in [0.2, 0.25) is 0 Å². The third-order valence-electron chi connectivity index (χ3n) is 5.87. The first-order chi connectivity index (χ1) is 12.0. The van der Waals surface area contributed by atoms with Gasteiger partial charge in [-0.15, -0.1) is 0 Å². The summed E-state index contributed by atoms with van der Waals surface area (Å²) < 4.78 is 16.7. The molecule has 1 saturated carbocycles. The molecule has 2 fully saturated rings. The van der Waals surface area contributed by atoms with Crippen LogP contribution < -0.4 is 4.74 Å². The molecule has 0 amide bonds. The summed E-state index contributed by atoms with van der Waals surface area (Å²) in [5.74, 6) is -0.579. The van der Waals surface area contributed by atoms with Gasteiger partial charge in [-0.05, 0) is 43.4 Å². The molecule has 6 heteroatoms. The van der Waals surface area contributed by atoms with E-state index in [0.29, 0.717) is 18.3 Å². The summed E-state index contributed by atoms with van der Waals surface area (Å²) >= 11 is 0. The maximum absolute atomic E-state index is 11.4. The number of ether oxygens (including phenoxy) is 3. The summed E-state index contributed by atoms with van der Waals surface area (Å²) in [4.78, 5) is 13.9. The predicted molar refractivity (Wildman–Crippen MR) is 93.2 cm³/mol. The second-order valence-electron chi connectivity index (χ2n) is 6.98. The minimum Gasteiger partial charge on any atom is -0.496 e. The average Bonchev–Trinajstić information content (AvgIpc) is 2.99. The molecule has 6 nitrogen and oxygen atoms in total. The standard InChI is InChI=1S/C19H27NO5/c1-23-14-6-7-19(25-3)8-9-20(17(19)11-14)12-13-4-5-16(24-2)15(10-13)18(21)22/h4-5,10,14,17H,6-9,11-12H2,1-3H3,(H,21,22)/t14-,17-,19+/m0/s1. The van der Waals surface area contributed by atoms with Crippen LogP contribution in [-0.4, -0.2) is 61.6 Å². The van der Waals surface area contributed by atoms with E-state index in [2.05, 4.69) is 4.90 Å². The van der Waals surface area contributed by atoms with Gasteiger partial charge in [0.25, 0.3) is 0 Å². The van der Waals surface area contributed by atoms with Gasteiger partial charge in [0.15, 0.2) is 0 Å². The van der Waals surface area contributed by atoms with Crippen molar-refractivity contribution in [2.24, 2.45) is 0 Å². The highest BCUT2D eigenvalue weighted by Crippen LogP contribution is 2.43. The number of aromatic carboxylic acids is 1. The van der Waals surface area contributed by atoms with Crippen LogP contribution in [0.3, 0.4) is 0 Å². The Morgan fingerprint density at radius 2 is 2.12 bits per heavy atom. The molecule has 0 spiro atoms. The lowest BCUT2D eigenvalue weighted by atomic mass is 9.79. The van der Waals surface area contributed by atoms with Crippen molar-refractivity contribution in [2.45, 2.75) is 50.0 Å². The molecule has 0 aromatic heterocycles. The molecule has 1 N–H and O–H groups in total. The van der Waals surface area contributed by atoms with Crippen molar-refractivity contribution in [2.75, 3.05) is 27.9 Å². The molecular formula is C19H27NO5. The minimum absolute atomic E-state index is 0.100. The van der Waals surface area contributed by atoms with Crippen LogP contribution in [0.5, 0.6) is 5.75 Å². The van der Waals surface area contributed by atoms with Gasteiger partial charge in [0, 0.05) is 33.4 Å². The Kier molecular flexibility index (Phi) is 5.32. The first-order valence-electron chi connectivity index (χ1n) is 8.75. The third kappa shape index (κ3) is 3.38. The summed E-state index contributed by atoms with van der Waals surface area (Å²) in [6, 6.07) is 5.68. The van der Waals surface area contributed by atoms with Crippen LogP contribution in [0.25, 0.3) is 0 Å². The number of carboxylic acids is 1. The number of hydrogen-bond donors (Lipinski definition) is 1. The fourth-order valence-corrected chi connectivity index (χ4v) is 4.41. The quantitative estimate of drug-likeness (QED) is 0.851. The van der Waals surface area contributed by atoms with Crippen LogP contribution >= 0.6 is 0 Å². The van der Waals surface area contributed by atoms with Crippen molar-refractivity contribution in [1.82, 2.24) is 4.90 Å². The lowest BCUT2D eigenvalue weighted by Gasteiger charge is -2.43. The molecule has 1 aliphatic carbocycles. The maximum atomic E-state index is 11.4. The Hall–Kier alpha value is -1.63. The Bertz CT molecular complexity index is 634. The zero-order valence-electron chi connectivity index (χ0n) is 15.2. The second kappa shape index (κ2) is 7.32. The lowest BCUT2D eigenvalue weighted by Crippen LogP contribution is -2.51. The van der Waals surface area contributed by atoms with E-state index >= 15 is 0 Å². The number of benzene rings is 1. The van der Waals surface area contributed by atoms with Crippen LogP contribution in [0, 0.1) is 0 Å². The van der Waals surface area contributed by atoms with E-state index in [1.807, 2.05) is 6.07 Å². The normalized spacial score (nSPS) is 29.4. The molecule has 25 heavy (non-hydrogen) atoms. The van der Waals surface area contributed by atoms with Gasteiger partial charge < -0.3 is 19.3 Å². The number of carbonyl (C=O) groups is 1. The fourth-order valence-electron chi connectivity index (χ4n) is 4.41. The molecule has 3 atom stereocenters. The van der Waals surface area contributed by atoms with Crippen molar-refractivity contribution in [3.63, 3.8) is 0 Å². The minimum atomic E-state index is -0.969. The van der Waals surface area contributed by atoms with Crippen LogP contribution in [0.1, 0.15) is 41.6 Å². The number of fused-ring (bicyclic) bond motifs is 1. The number of likely N-dealkylation sites (tertiary alicyclic amines) is 1. The Morgan fingerprint density at radius 3 is 2.76 bits per heavy atom. The highest BCUT2D eigenvalue weighted by molar-refractivity contribution is 5.91. The van der Waals surface area contributed by atoms with Crippen LogP contribution in [0.2, 0.25) is 0 Å². The first kappa shape index (κ1) is 18.2. The van der Waals surface area contributed by atoms with Gasteiger partial charge >= 0.3 is 5.97 Å². The number of rotatable bonds is 6. The monoisotopic (exact) mass is 349 g/mol. The van der Waals surface area contributed by atoms with E-state index < -0.39 is 5.97 Å². The van der Waals surface area contributed by atoms with E-state index in [0.717, 1.165) is 37.8 Å². The second-order valence-corrected chi connectivity index (χ2v) is 6.98. The van der Waals surface area contributed by atoms with Crippen molar-refractivity contribution < 1.29 is 24.1 Å². The molecule has 2 aliphatic rings. The molecule has 0 radical (unpaired) electrons. The molecule has 0 bridgehead atoms. The highest BCUT2D eigenvalue weighted by Gasteiger charge is 2.50. The van der Waals surface area contributed by atoms with E-state index in [4.69, 9.17) is 14.2 Å². The highest BCUT2D eigenvalue weighted by atomic mass is 16.5.